The van der Waals surface area contributed by atoms with Crippen molar-refractivity contribution in [1.29, 1.82) is 0 Å². The minimum Gasteiger partial charge on any atom is -0.493 e. The van der Waals surface area contributed by atoms with Crippen molar-refractivity contribution in [2.45, 2.75) is 19.1 Å². The number of rotatable bonds is 3. The fourth-order valence-corrected chi connectivity index (χ4v) is 1.93. The van der Waals surface area contributed by atoms with Crippen molar-refractivity contribution in [3.05, 3.63) is 42.0 Å². The largest absolute Gasteiger partial charge is 0.493 e. The molecule has 0 aliphatic carbocycles. The fraction of sp³-hybridized carbons (Fsp3) is 0.286. The van der Waals surface area contributed by atoms with Crippen LogP contribution in [0.5, 0.6) is 5.75 Å². The van der Waals surface area contributed by atoms with Gasteiger partial charge in [-0.1, -0.05) is 24.3 Å². The molecule has 0 saturated heterocycles. The highest BCUT2D eigenvalue weighted by Crippen LogP contribution is 2.34. The molecule has 0 aliphatic heterocycles. The molecule has 0 fully saturated rings. The molecule has 0 spiro atoms. The summed E-state index contributed by atoms with van der Waals surface area (Å²) in [7, 11) is 0. The van der Waals surface area contributed by atoms with E-state index in [1.165, 1.54) is 12.1 Å². The highest BCUT2D eigenvalue weighted by Gasteiger charge is 2.37. The molecule has 1 atom stereocenters. The molecular formula is C14H14F3NO. The van der Waals surface area contributed by atoms with E-state index in [4.69, 9.17) is 10.5 Å². The smallest absolute Gasteiger partial charge is 0.407 e. The molecule has 2 aromatic rings. The molecular weight excluding hydrogens is 255 g/mol. The number of nitrogens with two attached hydrogens (primary N) is 1. The Balaban J connectivity index is 2.52. The average molecular weight is 269 g/mol. The van der Waals surface area contributed by atoms with Crippen molar-refractivity contribution in [2.24, 2.45) is 5.73 Å². The van der Waals surface area contributed by atoms with Crippen LogP contribution in [0.3, 0.4) is 0 Å². The summed E-state index contributed by atoms with van der Waals surface area (Å²) in [6.07, 6.45) is -4.45. The number of ether oxygens (including phenoxy) is 1. The van der Waals surface area contributed by atoms with Crippen LogP contribution >= 0.6 is 0 Å². The van der Waals surface area contributed by atoms with Crippen LogP contribution in [0, 0.1) is 0 Å². The van der Waals surface area contributed by atoms with E-state index in [0.717, 1.165) is 5.39 Å². The highest BCUT2D eigenvalue weighted by atomic mass is 19.4. The van der Waals surface area contributed by atoms with E-state index in [2.05, 4.69) is 0 Å². The molecule has 0 amide bonds. The van der Waals surface area contributed by atoms with E-state index < -0.39 is 12.2 Å². The maximum absolute atomic E-state index is 12.6. The summed E-state index contributed by atoms with van der Waals surface area (Å²) in [5.74, 6) is 0.566. The third kappa shape index (κ3) is 2.81. The molecule has 2 N–H and O–H groups in total. The number of alkyl halides is 3. The van der Waals surface area contributed by atoms with Gasteiger partial charge in [0.05, 0.1) is 6.61 Å². The average Bonchev–Trinajstić information content (AvgIpc) is 2.37. The van der Waals surface area contributed by atoms with Crippen molar-refractivity contribution >= 4 is 10.8 Å². The first-order valence-corrected chi connectivity index (χ1v) is 5.91. The lowest BCUT2D eigenvalue weighted by Gasteiger charge is -2.17. The van der Waals surface area contributed by atoms with Gasteiger partial charge in [-0.05, 0) is 30.0 Å². The second kappa shape index (κ2) is 5.09. The van der Waals surface area contributed by atoms with Crippen molar-refractivity contribution in [3.8, 4) is 5.75 Å². The number of benzene rings is 2. The molecule has 0 bridgehead atoms. The van der Waals surface area contributed by atoms with E-state index >= 15 is 0 Å². The number of hydrogen-bond donors (Lipinski definition) is 1. The number of halogens is 3. The second-order valence-corrected chi connectivity index (χ2v) is 4.19. The van der Waals surface area contributed by atoms with Gasteiger partial charge in [0, 0.05) is 5.39 Å². The van der Waals surface area contributed by atoms with Gasteiger partial charge in [0.15, 0.2) is 0 Å². The van der Waals surface area contributed by atoms with Crippen molar-refractivity contribution < 1.29 is 17.9 Å². The lowest BCUT2D eigenvalue weighted by molar-refractivity contribution is -0.149. The highest BCUT2D eigenvalue weighted by molar-refractivity contribution is 5.89. The molecule has 0 radical (unpaired) electrons. The van der Waals surface area contributed by atoms with Crippen LogP contribution in [0.1, 0.15) is 18.5 Å². The van der Waals surface area contributed by atoms with Gasteiger partial charge in [-0.3, -0.25) is 0 Å². The second-order valence-electron chi connectivity index (χ2n) is 4.19. The first-order valence-electron chi connectivity index (χ1n) is 5.91. The zero-order valence-corrected chi connectivity index (χ0v) is 10.4. The standard InChI is InChI=1S/C14H14F3NO/c1-2-19-12-5-3-4-9-6-7-10(8-11(9)12)13(18)14(15,16)17/h3-8,13H,2,18H2,1H3/t13-/m0/s1. The van der Waals surface area contributed by atoms with E-state index in [0.29, 0.717) is 17.7 Å². The lowest BCUT2D eigenvalue weighted by Crippen LogP contribution is -2.28. The summed E-state index contributed by atoms with van der Waals surface area (Å²) in [5.41, 5.74) is 5.26. The van der Waals surface area contributed by atoms with Crippen LogP contribution in [0.25, 0.3) is 10.8 Å². The Kier molecular flexibility index (Phi) is 3.66. The Morgan fingerprint density at radius 3 is 2.58 bits per heavy atom. The molecule has 0 saturated carbocycles. The Labute approximate surface area is 109 Å². The zero-order valence-electron chi connectivity index (χ0n) is 10.4. The molecule has 0 aromatic heterocycles. The maximum atomic E-state index is 12.6. The van der Waals surface area contributed by atoms with Gasteiger partial charge >= 0.3 is 6.18 Å². The molecule has 2 rings (SSSR count). The first kappa shape index (κ1) is 13.7. The van der Waals surface area contributed by atoms with E-state index in [1.807, 2.05) is 13.0 Å². The van der Waals surface area contributed by atoms with Gasteiger partial charge in [-0.25, -0.2) is 0 Å². The minimum absolute atomic E-state index is 0.0344. The van der Waals surface area contributed by atoms with Crippen LogP contribution in [0.4, 0.5) is 13.2 Å². The Hall–Kier alpha value is -1.75. The van der Waals surface area contributed by atoms with Crippen LogP contribution in [0.15, 0.2) is 36.4 Å². The van der Waals surface area contributed by atoms with E-state index in [1.54, 1.807) is 18.2 Å². The molecule has 2 nitrogen and oxygen atoms in total. The third-order valence-corrected chi connectivity index (χ3v) is 2.88. The topological polar surface area (TPSA) is 35.2 Å². The maximum Gasteiger partial charge on any atom is 0.407 e. The Morgan fingerprint density at radius 1 is 1.21 bits per heavy atom. The summed E-state index contributed by atoms with van der Waals surface area (Å²) < 4.78 is 43.3. The molecule has 2 aromatic carbocycles. The zero-order chi connectivity index (χ0) is 14.0. The molecule has 5 heteroatoms. The summed E-state index contributed by atoms with van der Waals surface area (Å²) in [6.45, 7) is 2.28. The van der Waals surface area contributed by atoms with Gasteiger partial charge in [-0.2, -0.15) is 13.2 Å². The summed E-state index contributed by atoms with van der Waals surface area (Å²) in [5, 5.41) is 1.46. The van der Waals surface area contributed by atoms with E-state index in [-0.39, 0.29) is 5.56 Å². The number of hydrogen-bond acceptors (Lipinski definition) is 2. The first-order chi connectivity index (χ1) is 8.93. The molecule has 0 heterocycles. The summed E-state index contributed by atoms with van der Waals surface area (Å²) in [4.78, 5) is 0. The van der Waals surface area contributed by atoms with E-state index in [9.17, 15) is 13.2 Å². The van der Waals surface area contributed by atoms with Gasteiger partial charge < -0.3 is 10.5 Å². The predicted molar refractivity (Wildman–Crippen MR) is 68.1 cm³/mol. The predicted octanol–water partition coefficient (Wildman–Crippen LogP) is 3.80. The quantitative estimate of drug-likeness (QED) is 0.919. The van der Waals surface area contributed by atoms with Crippen molar-refractivity contribution in [2.75, 3.05) is 6.61 Å². The summed E-state index contributed by atoms with van der Waals surface area (Å²) in [6, 6.07) is 7.84. The summed E-state index contributed by atoms with van der Waals surface area (Å²) >= 11 is 0. The normalized spacial score (nSPS) is 13.5. The Bertz CT molecular complexity index is 580. The van der Waals surface area contributed by atoms with Gasteiger partial charge in [0.1, 0.15) is 11.8 Å². The van der Waals surface area contributed by atoms with Gasteiger partial charge in [0.2, 0.25) is 0 Å². The van der Waals surface area contributed by atoms with Crippen LogP contribution in [-0.4, -0.2) is 12.8 Å². The van der Waals surface area contributed by atoms with Gasteiger partial charge in [-0.15, -0.1) is 0 Å². The SMILES string of the molecule is CCOc1cccc2ccc([C@H](N)C(F)(F)F)cc12. The minimum atomic E-state index is -4.45. The van der Waals surface area contributed by atoms with Crippen LogP contribution < -0.4 is 10.5 Å². The van der Waals surface area contributed by atoms with Crippen LogP contribution in [-0.2, 0) is 0 Å². The molecule has 102 valence electrons. The van der Waals surface area contributed by atoms with Crippen molar-refractivity contribution in [1.82, 2.24) is 0 Å². The lowest BCUT2D eigenvalue weighted by atomic mass is 10.0. The fourth-order valence-electron chi connectivity index (χ4n) is 1.93. The number of fused-ring (bicyclic) bond motifs is 1. The Morgan fingerprint density at radius 2 is 1.95 bits per heavy atom. The monoisotopic (exact) mass is 269 g/mol. The van der Waals surface area contributed by atoms with Gasteiger partial charge in [0.25, 0.3) is 0 Å². The molecule has 0 unspecified atom stereocenters. The van der Waals surface area contributed by atoms with Crippen molar-refractivity contribution in [3.63, 3.8) is 0 Å². The van der Waals surface area contributed by atoms with Crippen LogP contribution in [0.2, 0.25) is 0 Å². The molecule has 19 heavy (non-hydrogen) atoms. The molecule has 0 aliphatic rings. The third-order valence-electron chi connectivity index (χ3n) is 2.88.